The molecule has 0 saturated carbocycles. The highest BCUT2D eigenvalue weighted by Crippen LogP contribution is 2.17. The summed E-state index contributed by atoms with van der Waals surface area (Å²) < 4.78 is 6.83. The van der Waals surface area contributed by atoms with Gasteiger partial charge in [0.25, 0.3) is 0 Å². The predicted octanol–water partition coefficient (Wildman–Crippen LogP) is 1.26. The lowest BCUT2D eigenvalue weighted by atomic mass is 10.0. The van der Waals surface area contributed by atoms with Crippen LogP contribution in [0.2, 0.25) is 0 Å². The van der Waals surface area contributed by atoms with Gasteiger partial charge in [0, 0.05) is 25.3 Å². The fourth-order valence-corrected chi connectivity index (χ4v) is 2.19. The summed E-state index contributed by atoms with van der Waals surface area (Å²) in [6, 6.07) is 1.58. The number of rotatable bonds is 6. The summed E-state index contributed by atoms with van der Waals surface area (Å²) >= 11 is 0. The van der Waals surface area contributed by atoms with Crippen LogP contribution in [0, 0.1) is 0 Å². The number of carboxylic acids is 1. The van der Waals surface area contributed by atoms with Gasteiger partial charge in [-0.15, -0.1) is 0 Å². The van der Waals surface area contributed by atoms with Gasteiger partial charge in [-0.1, -0.05) is 0 Å². The molecular weight excluding hydrogens is 262 g/mol. The van der Waals surface area contributed by atoms with Crippen LogP contribution in [0.4, 0.5) is 5.82 Å². The number of hydrogen-bond donors (Lipinski definition) is 2. The normalized spacial score (nSPS) is 18.7. The van der Waals surface area contributed by atoms with Crippen LogP contribution in [0.25, 0.3) is 0 Å². The molecule has 1 aromatic rings. The Labute approximate surface area is 116 Å². The second-order valence-corrected chi connectivity index (χ2v) is 4.87. The van der Waals surface area contributed by atoms with E-state index in [9.17, 15) is 9.59 Å². The molecular formula is C13H19N3O4. The smallest absolute Gasteiger partial charge is 0.325 e. The summed E-state index contributed by atoms with van der Waals surface area (Å²) in [5.41, 5.74) is 0. The van der Waals surface area contributed by atoms with Crippen LogP contribution >= 0.6 is 0 Å². The summed E-state index contributed by atoms with van der Waals surface area (Å²) in [5.74, 6) is -0.721. The Balaban J connectivity index is 1.73. The van der Waals surface area contributed by atoms with E-state index in [0.29, 0.717) is 18.7 Å². The van der Waals surface area contributed by atoms with Crippen LogP contribution < -0.4 is 5.32 Å². The third kappa shape index (κ3) is 4.65. The first-order valence-electron chi connectivity index (χ1n) is 6.80. The van der Waals surface area contributed by atoms with E-state index in [2.05, 4.69) is 10.4 Å². The summed E-state index contributed by atoms with van der Waals surface area (Å²) in [6.07, 6.45) is 6.07. The maximum absolute atomic E-state index is 11.8. The number of nitrogens with one attached hydrogen (secondary N) is 1. The zero-order valence-electron chi connectivity index (χ0n) is 11.2. The van der Waals surface area contributed by atoms with Crippen LogP contribution in [0.5, 0.6) is 0 Å². The average molecular weight is 281 g/mol. The van der Waals surface area contributed by atoms with Gasteiger partial charge in [-0.25, -0.2) is 0 Å². The van der Waals surface area contributed by atoms with Gasteiger partial charge < -0.3 is 15.2 Å². The number of ether oxygens (including phenoxy) is 1. The Kier molecular flexibility index (Phi) is 5.11. The first-order chi connectivity index (χ1) is 9.63. The van der Waals surface area contributed by atoms with Crippen molar-refractivity contribution < 1.29 is 19.4 Å². The Bertz CT molecular complexity index is 466. The van der Waals surface area contributed by atoms with Crippen molar-refractivity contribution in [3.63, 3.8) is 0 Å². The largest absolute Gasteiger partial charge is 0.480 e. The van der Waals surface area contributed by atoms with Crippen LogP contribution in [0.3, 0.4) is 0 Å². The molecule has 1 aromatic heterocycles. The molecule has 1 saturated heterocycles. The summed E-state index contributed by atoms with van der Waals surface area (Å²) in [6.45, 7) is 0.567. The van der Waals surface area contributed by atoms with Gasteiger partial charge in [-0.2, -0.15) is 5.10 Å². The van der Waals surface area contributed by atoms with E-state index < -0.39 is 5.97 Å². The van der Waals surface area contributed by atoms with E-state index in [1.807, 2.05) is 0 Å². The summed E-state index contributed by atoms with van der Waals surface area (Å²) in [7, 11) is 0. The lowest BCUT2D eigenvalue weighted by Gasteiger charge is -2.22. The fraction of sp³-hybridized carbons (Fsp3) is 0.615. The maximum Gasteiger partial charge on any atom is 0.325 e. The molecule has 1 aliphatic heterocycles. The molecule has 1 amide bonds. The minimum absolute atomic E-state index is 0.125. The molecule has 1 fully saturated rings. The molecule has 2 rings (SSSR count). The maximum atomic E-state index is 11.8. The molecule has 2 heterocycles. The standard InChI is InChI=1S/C13H19N3O4/c17-12(5-4-10-3-1-2-8-20-10)14-11-6-7-16(15-11)9-13(18)19/h6-7,10H,1-5,8-9H2,(H,18,19)(H,14,15,17)/t10-/m0/s1. The average Bonchev–Trinajstić information content (AvgIpc) is 2.84. The van der Waals surface area contributed by atoms with Gasteiger partial charge >= 0.3 is 5.97 Å². The summed E-state index contributed by atoms with van der Waals surface area (Å²) in [5, 5.41) is 15.2. The minimum Gasteiger partial charge on any atom is -0.480 e. The topological polar surface area (TPSA) is 93.5 Å². The van der Waals surface area contributed by atoms with Crippen LogP contribution in [-0.4, -0.2) is 39.5 Å². The number of amides is 1. The van der Waals surface area contributed by atoms with Crippen LogP contribution in [0.1, 0.15) is 32.1 Å². The number of carboxylic acid groups (broad SMARTS) is 1. The third-order valence-electron chi connectivity index (χ3n) is 3.17. The molecule has 0 unspecified atom stereocenters. The van der Waals surface area contributed by atoms with Crippen LogP contribution in [0.15, 0.2) is 12.3 Å². The Morgan fingerprint density at radius 1 is 1.50 bits per heavy atom. The quantitative estimate of drug-likeness (QED) is 0.818. The molecule has 1 atom stereocenters. The van der Waals surface area contributed by atoms with Crippen molar-refractivity contribution in [2.45, 2.75) is 44.8 Å². The number of anilines is 1. The molecule has 20 heavy (non-hydrogen) atoms. The number of carbonyl (C=O) groups is 2. The second kappa shape index (κ2) is 7.04. The first kappa shape index (κ1) is 14.5. The third-order valence-corrected chi connectivity index (χ3v) is 3.17. The van der Waals surface area contributed by atoms with E-state index in [1.165, 1.54) is 10.9 Å². The highest BCUT2D eigenvalue weighted by molar-refractivity contribution is 5.89. The Hall–Kier alpha value is -1.89. The number of aliphatic carboxylic acids is 1. The molecule has 110 valence electrons. The number of nitrogens with zero attached hydrogens (tertiary/aromatic N) is 2. The van der Waals surface area contributed by atoms with Gasteiger partial charge in [-0.3, -0.25) is 14.3 Å². The van der Waals surface area contributed by atoms with Crippen molar-refractivity contribution in [2.24, 2.45) is 0 Å². The van der Waals surface area contributed by atoms with Crippen molar-refractivity contribution in [2.75, 3.05) is 11.9 Å². The second-order valence-electron chi connectivity index (χ2n) is 4.87. The molecule has 0 radical (unpaired) electrons. The van der Waals surface area contributed by atoms with E-state index in [4.69, 9.17) is 9.84 Å². The van der Waals surface area contributed by atoms with E-state index in [0.717, 1.165) is 25.9 Å². The number of carbonyl (C=O) groups excluding carboxylic acids is 1. The van der Waals surface area contributed by atoms with Gasteiger partial charge in [0.15, 0.2) is 5.82 Å². The number of aromatic nitrogens is 2. The first-order valence-corrected chi connectivity index (χ1v) is 6.80. The highest BCUT2D eigenvalue weighted by atomic mass is 16.5. The van der Waals surface area contributed by atoms with Crippen molar-refractivity contribution in [1.29, 1.82) is 0 Å². The van der Waals surface area contributed by atoms with E-state index in [-0.39, 0.29) is 18.6 Å². The Morgan fingerprint density at radius 2 is 2.35 bits per heavy atom. The molecule has 0 spiro atoms. The molecule has 0 bridgehead atoms. The van der Waals surface area contributed by atoms with Crippen molar-refractivity contribution in [1.82, 2.24) is 9.78 Å². The molecule has 2 N–H and O–H groups in total. The fourth-order valence-electron chi connectivity index (χ4n) is 2.19. The van der Waals surface area contributed by atoms with E-state index >= 15 is 0 Å². The zero-order chi connectivity index (χ0) is 14.4. The van der Waals surface area contributed by atoms with E-state index in [1.54, 1.807) is 6.07 Å². The molecule has 7 heteroatoms. The van der Waals surface area contributed by atoms with Crippen LogP contribution in [-0.2, 0) is 20.9 Å². The minimum atomic E-state index is -0.972. The van der Waals surface area contributed by atoms with Gasteiger partial charge in [-0.05, 0) is 25.7 Å². The van der Waals surface area contributed by atoms with Gasteiger partial charge in [0.05, 0.1) is 6.10 Å². The molecule has 7 nitrogen and oxygen atoms in total. The monoisotopic (exact) mass is 281 g/mol. The molecule has 1 aliphatic rings. The number of hydrogen-bond acceptors (Lipinski definition) is 4. The lowest BCUT2D eigenvalue weighted by Crippen LogP contribution is -2.22. The predicted molar refractivity (Wildman–Crippen MR) is 71.3 cm³/mol. The SMILES string of the molecule is O=C(O)Cn1ccc(NC(=O)CC[C@@H]2CCCCO2)n1. The van der Waals surface area contributed by atoms with Gasteiger partial charge in [0.1, 0.15) is 6.54 Å². The summed E-state index contributed by atoms with van der Waals surface area (Å²) in [4.78, 5) is 22.3. The van der Waals surface area contributed by atoms with Crippen molar-refractivity contribution in [3.05, 3.63) is 12.3 Å². The molecule has 0 aliphatic carbocycles. The zero-order valence-corrected chi connectivity index (χ0v) is 11.2. The van der Waals surface area contributed by atoms with Gasteiger partial charge in [0.2, 0.25) is 5.91 Å². The highest BCUT2D eigenvalue weighted by Gasteiger charge is 2.15. The van der Waals surface area contributed by atoms with Crippen molar-refractivity contribution >= 4 is 17.7 Å². The molecule has 0 aromatic carbocycles. The lowest BCUT2D eigenvalue weighted by molar-refractivity contribution is -0.137. The van der Waals surface area contributed by atoms with Crippen molar-refractivity contribution in [3.8, 4) is 0 Å². The Morgan fingerprint density at radius 3 is 3.05 bits per heavy atom.